The van der Waals surface area contributed by atoms with E-state index in [4.69, 9.17) is 0 Å². The van der Waals surface area contributed by atoms with Crippen LogP contribution >= 0.6 is 0 Å². The highest BCUT2D eigenvalue weighted by Gasteiger charge is 2.06. The fourth-order valence-corrected chi connectivity index (χ4v) is 0.983. The number of aromatic nitrogens is 2. The molecule has 2 rings (SSSR count). The van der Waals surface area contributed by atoms with Crippen LogP contribution in [0.4, 0.5) is 11.5 Å². The van der Waals surface area contributed by atoms with Crippen LogP contribution in [-0.4, -0.2) is 23.3 Å². The predicted octanol–water partition coefficient (Wildman–Crippen LogP) is 0.314. The fraction of sp³-hybridized carbons (Fsp3) is 0.333. The Bertz CT molecular complexity index is 210. The van der Waals surface area contributed by atoms with Gasteiger partial charge in [0.25, 0.3) is 0 Å². The van der Waals surface area contributed by atoms with E-state index in [0.717, 1.165) is 24.6 Å². The van der Waals surface area contributed by atoms with Crippen LogP contribution in [0.5, 0.6) is 0 Å². The molecule has 1 aromatic heterocycles. The second kappa shape index (κ2) is 2.13. The van der Waals surface area contributed by atoms with Gasteiger partial charge < -0.3 is 10.6 Å². The molecular weight excluding hydrogens is 128 g/mol. The molecule has 52 valence electrons. The third-order valence-corrected chi connectivity index (χ3v) is 1.45. The minimum absolute atomic E-state index is 0.855. The minimum Gasteiger partial charge on any atom is -0.380 e. The smallest absolute Gasteiger partial charge is 0.172 e. The number of nitrogens with zero attached hydrogens (tertiary/aromatic N) is 2. The van der Waals surface area contributed by atoms with E-state index in [9.17, 15) is 0 Å². The average molecular weight is 136 g/mol. The standard InChI is InChI=1S/C6H8N4/c1-2-9-10-6-5(1)7-3-4-8-6/h1-2,7H,3-4H2,(H,8,10). The number of nitrogens with one attached hydrogen (secondary N) is 2. The largest absolute Gasteiger partial charge is 0.380 e. The third-order valence-electron chi connectivity index (χ3n) is 1.45. The molecule has 0 saturated heterocycles. The normalized spacial score (nSPS) is 14.8. The molecule has 0 unspecified atom stereocenters. The van der Waals surface area contributed by atoms with Gasteiger partial charge in [0.1, 0.15) is 0 Å². The van der Waals surface area contributed by atoms with Crippen molar-refractivity contribution in [2.24, 2.45) is 0 Å². The zero-order valence-electron chi connectivity index (χ0n) is 5.46. The van der Waals surface area contributed by atoms with Crippen LogP contribution in [0, 0.1) is 0 Å². The van der Waals surface area contributed by atoms with Crippen LogP contribution in [0.3, 0.4) is 0 Å². The van der Waals surface area contributed by atoms with E-state index in [1.165, 1.54) is 0 Å². The predicted molar refractivity (Wildman–Crippen MR) is 39.0 cm³/mol. The molecule has 0 aromatic carbocycles. The fourth-order valence-electron chi connectivity index (χ4n) is 0.983. The molecule has 2 N–H and O–H groups in total. The second-order valence-corrected chi connectivity index (χ2v) is 2.15. The van der Waals surface area contributed by atoms with Gasteiger partial charge in [-0.05, 0) is 6.07 Å². The Labute approximate surface area is 58.7 Å². The molecule has 0 spiro atoms. The van der Waals surface area contributed by atoms with E-state index in [0.29, 0.717) is 0 Å². The number of hydrogen-bond donors (Lipinski definition) is 2. The van der Waals surface area contributed by atoms with Crippen LogP contribution in [0.15, 0.2) is 12.3 Å². The quantitative estimate of drug-likeness (QED) is 0.539. The lowest BCUT2D eigenvalue weighted by Crippen LogP contribution is -2.21. The number of anilines is 2. The molecule has 0 fully saturated rings. The van der Waals surface area contributed by atoms with Crippen LogP contribution < -0.4 is 10.6 Å². The summed E-state index contributed by atoms with van der Waals surface area (Å²) >= 11 is 0. The van der Waals surface area contributed by atoms with Gasteiger partial charge in [0.2, 0.25) is 0 Å². The maximum Gasteiger partial charge on any atom is 0.172 e. The first kappa shape index (κ1) is 5.46. The van der Waals surface area contributed by atoms with E-state index < -0.39 is 0 Å². The van der Waals surface area contributed by atoms with Gasteiger partial charge in [0.15, 0.2) is 5.82 Å². The van der Waals surface area contributed by atoms with Gasteiger partial charge >= 0.3 is 0 Å². The zero-order valence-corrected chi connectivity index (χ0v) is 5.46. The molecule has 0 saturated carbocycles. The van der Waals surface area contributed by atoms with Gasteiger partial charge in [0.05, 0.1) is 11.9 Å². The van der Waals surface area contributed by atoms with Crippen molar-refractivity contribution in [1.29, 1.82) is 0 Å². The summed E-state index contributed by atoms with van der Waals surface area (Å²) in [5.41, 5.74) is 1.04. The highest BCUT2D eigenvalue weighted by Crippen LogP contribution is 2.18. The van der Waals surface area contributed by atoms with Crippen molar-refractivity contribution in [3.63, 3.8) is 0 Å². The van der Waals surface area contributed by atoms with Gasteiger partial charge in [-0.2, -0.15) is 5.10 Å². The molecule has 0 radical (unpaired) electrons. The summed E-state index contributed by atoms with van der Waals surface area (Å²) in [7, 11) is 0. The van der Waals surface area contributed by atoms with E-state index >= 15 is 0 Å². The summed E-state index contributed by atoms with van der Waals surface area (Å²) in [6.07, 6.45) is 1.68. The second-order valence-electron chi connectivity index (χ2n) is 2.15. The molecular formula is C6H8N4. The van der Waals surface area contributed by atoms with Crippen LogP contribution in [0.25, 0.3) is 0 Å². The van der Waals surface area contributed by atoms with Gasteiger partial charge in [-0.15, -0.1) is 5.10 Å². The first-order chi connectivity index (χ1) is 4.97. The Morgan fingerprint density at radius 1 is 1.30 bits per heavy atom. The van der Waals surface area contributed by atoms with Crippen molar-refractivity contribution in [3.05, 3.63) is 12.3 Å². The molecule has 4 heteroatoms. The number of rotatable bonds is 0. The Morgan fingerprint density at radius 3 is 3.10 bits per heavy atom. The molecule has 1 aliphatic rings. The highest BCUT2D eigenvalue weighted by atomic mass is 15.2. The van der Waals surface area contributed by atoms with Gasteiger partial charge in [-0.3, -0.25) is 0 Å². The van der Waals surface area contributed by atoms with Crippen molar-refractivity contribution >= 4 is 11.5 Å². The molecule has 0 bridgehead atoms. The topological polar surface area (TPSA) is 49.8 Å². The number of fused-ring (bicyclic) bond motifs is 1. The minimum atomic E-state index is 0.855. The molecule has 1 aromatic rings. The number of hydrogen-bond acceptors (Lipinski definition) is 4. The Morgan fingerprint density at radius 2 is 2.20 bits per heavy atom. The highest BCUT2D eigenvalue weighted by molar-refractivity contribution is 5.64. The SMILES string of the molecule is c1cc2c(nn1)NCCN2. The third kappa shape index (κ3) is 0.775. The van der Waals surface area contributed by atoms with Crippen LogP contribution in [-0.2, 0) is 0 Å². The molecule has 0 atom stereocenters. The molecule has 0 amide bonds. The van der Waals surface area contributed by atoms with Crippen LogP contribution in [0.2, 0.25) is 0 Å². The molecule has 4 nitrogen and oxygen atoms in total. The Hall–Kier alpha value is -1.32. The molecule has 1 aliphatic heterocycles. The van der Waals surface area contributed by atoms with Gasteiger partial charge in [0, 0.05) is 13.1 Å². The Balaban J connectivity index is 2.41. The maximum absolute atomic E-state index is 3.90. The summed E-state index contributed by atoms with van der Waals surface area (Å²) in [5.74, 6) is 0.855. The van der Waals surface area contributed by atoms with Crippen molar-refractivity contribution in [2.45, 2.75) is 0 Å². The monoisotopic (exact) mass is 136 g/mol. The van der Waals surface area contributed by atoms with E-state index in [2.05, 4.69) is 20.8 Å². The van der Waals surface area contributed by atoms with Gasteiger partial charge in [-0.25, -0.2) is 0 Å². The summed E-state index contributed by atoms with van der Waals surface area (Å²) in [4.78, 5) is 0. The lowest BCUT2D eigenvalue weighted by molar-refractivity contribution is 0.957. The summed E-state index contributed by atoms with van der Waals surface area (Å²) < 4.78 is 0. The summed E-state index contributed by atoms with van der Waals surface area (Å²) in [6, 6.07) is 1.91. The van der Waals surface area contributed by atoms with Gasteiger partial charge in [-0.1, -0.05) is 0 Å². The van der Waals surface area contributed by atoms with Crippen molar-refractivity contribution in [2.75, 3.05) is 23.7 Å². The van der Waals surface area contributed by atoms with Crippen LogP contribution in [0.1, 0.15) is 0 Å². The summed E-state index contributed by atoms with van der Waals surface area (Å²) in [6.45, 7) is 1.88. The van der Waals surface area contributed by atoms with E-state index in [-0.39, 0.29) is 0 Å². The molecule has 0 aliphatic carbocycles. The lowest BCUT2D eigenvalue weighted by atomic mass is 10.3. The maximum atomic E-state index is 3.90. The lowest BCUT2D eigenvalue weighted by Gasteiger charge is -2.16. The zero-order chi connectivity index (χ0) is 6.81. The first-order valence-corrected chi connectivity index (χ1v) is 3.26. The molecule has 2 heterocycles. The van der Waals surface area contributed by atoms with E-state index in [1.807, 2.05) is 6.07 Å². The molecule has 10 heavy (non-hydrogen) atoms. The van der Waals surface area contributed by atoms with Crippen molar-refractivity contribution in [1.82, 2.24) is 10.2 Å². The summed E-state index contributed by atoms with van der Waals surface area (Å²) in [5, 5.41) is 14.0. The van der Waals surface area contributed by atoms with Crippen molar-refractivity contribution < 1.29 is 0 Å². The average Bonchev–Trinajstić information content (AvgIpc) is 2.05. The first-order valence-electron chi connectivity index (χ1n) is 3.26. The Kier molecular flexibility index (Phi) is 1.16. The van der Waals surface area contributed by atoms with E-state index in [1.54, 1.807) is 6.20 Å². The van der Waals surface area contributed by atoms with Crippen molar-refractivity contribution in [3.8, 4) is 0 Å².